The molecule has 6 nitrogen and oxygen atoms in total. The average Bonchev–Trinajstić information content (AvgIpc) is 2.55. The first-order chi connectivity index (χ1) is 10.2. The zero-order chi connectivity index (χ0) is 16.1. The fourth-order valence-electron chi connectivity index (χ4n) is 2.44. The van der Waals surface area contributed by atoms with Crippen molar-refractivity contribution in [3.05, 3.63) is 23.8 Å². The zero-order valence-corrected chi connectivity index (χ0v) is 13.1. The number of nitrogens with one attached hydrogen (secondary N) is 2. The highest BCUT2D eigenvalue weighted by atomic mass is 16.7. The van der Waals surface area contributed by atoms with Gasteiger partial charge in [-0.3, -0.25) is 9.59 Å². The van der Waals surface area contributed by atoms with E-state index in [4.69, 9.17) is 9.31 Å². The molecule has 0 aromatic heterocycles. The molecule has 0 spiro atoms. The molecule has 1 saturated heterocycles. The lowest BCUT2D eigenvalue weighted by Crippen LogP contribution is -2.41. The molecule has 22 heavy (non-hydrogen) atoms. The fourth-order valence-corrected chi connectivity index (χ4v) is 2.44. The summed E-state index contributed by atoms with van der Waals surface area (Å²) in [7, 11) is -0.529. The molecular weight excluding hydrogens is 283 g/mol. The lowest BCUT2D eigenvalue weighted by molar-refractivity contribution is -0.115. The standard InChI is InChI=1S/C15H19BN2O4/c1-14(2)15(3,4)22-16(21-14)9-5-6-10-11(7-9)18-12(19)8-17-13(10)20/h5-7H,8H2,1-4H3,(H,17,20)(H,18,19). The van der Waals surface area contributed by atoms with Gasteiger partial charge in [0.2, 0.25) is 5.91 Å². The van der Waals surface area contributed by atoms with Crippen molar-refractivity contribution >= 4 is 30.1 Å². The highest BCUT2D eigenvalue weighted by Gasteiger charge is 2.51. The predicted molar refractivity (Wildman–Crippen MR) is 83.1 cm³/mol. The van der Waals surface area contributed by atoms with Crippen LogP contribution in [0, 0.1) is 0 Å². The van der Waals surface area contributed by atoms with Crippen molar-refractivity contribution in [2.24, 2.45) is 0 Å². The molecule has 3 rings (SSSR count). The second-order valence-corrected chi connectivity index (χ2v) is 6.62. The predicted octanol–water partition coefficient (Wildman–Crippen LogP) is 0.668. The highest BCUT2D eigenvalue weighted by Crippen LogP contribution is 2.36. The average molecular weight is 302 g/mol. The third-order valence-corrected chi connectivity index (χ3v) is 4.50. The van der Waals surface area contributed by atoms with Gasteiger partial charge in [-0.05, 0) is 45.3 Å². The molecule has 2 amide bonds. The highest BCUT2D eigenvalue weighted by molar-refractivity contribution is 6.62. The van der Waals surface area contributed by atoms with Crippen LogP contribution in [0.3, 0.4) is 0 Å². The minimum absolute atomic E-state index is 0.0284. The molecule has 7 heteroatoms. The van der Waals surface area contributed by atoms with E-state index in [2.05, 4.69) is 10.6 Å². The number of rotatable bonds is 1. The molecule has 2 N–H and O–H groups in total. The molecule has 0 radical (unpaired) electrons. The first kappa shape index (κ1) is 15.1. The van der Waals surface area contributed by atoms with Crippen LogP contribution in [0.1, 0.15) is 38.1 Å². The van der Waals surface area contributed by atoms with Crippen LogP contribution < -0.4 is 16.1 Å². The van der Waals surface area contributed by atoms with Gasteiger partial charge in [-0.15, -0.1) is 0 Å². The van der Waals surface area contributed by atoms with E-state index in [1.807, 2.05) is 27.7 Å². The summed E-state index contributed by atoms with van der Waals surface area (Å²) in [4.78, 5) is 23.6. The van der Waals surface area contributed by atoms with Crippen molar-refractivity contribution in [2.75, 3.05) is 11.9 Å². The number of anilines is 1. The third-order valence-electron chi connectivity index (χ3n) is 4.50. The monoisotopic (exact) mass is 302 g/mol. The lowest BCUT2D eigenvalue weighted by atomic mass is 9.78. The molecule has 0 aliphatic carbocycles. The van der Waals surface area contributed by atoms with Crippen LogP contribution in [0.2, 0.25) is 0 Å². The summed E-state index contributed by atoms with van der Waals surface area (Å²) in [6.45, 7) is 7.88. The minimum atomic E-state index is -0.529. The normalized spacial score (nSPS) is 22.6. The van der Waals surface area contributed by atoms with E-state index in [1.54, 1.807) is 18.2 Å². The maximum absolute atomic E-state index is 11.9. The summed E-state index contributed by atoms with van der Waals surface area (Å²) in [6.07, 6.45) is 0. The van der Waals surface area contributed by atoms with Crippen molar-refractivity contribution in [1.82, 2.24) is 5.32 Å². The van der Waals surface area contributed by atoms with Gasteiger partial charge in [0, 0.05) is 0 Å². The van der Waals surface area contributed by atoms with Crippen molar-refractivity contribution in [1.29, 1.82) is 0 Å². The molecule has 2 aliphatic heterocycles. The van der Waals surface area contributed by atoms with E-state index < -0.39 is 18.3 Å². The van der Waals surface area contributed by atoms with Crippen LogP contribution in [0.15, 0.2) is 18.2 Å². The summed E-state index contributed by atoms with van der Waals surface area (Å²) in [5, 5.41) is 5.28. The smallest absolute Gasteiger partial charge is 0.399 e. The number of carbonyl (C=O) groups excluding carboxylic acids is 2. The Morgan fingerprint density at radius 1 is 1.09 bits per heavy atom. The molecule has 1 aromatic carbocycles. The molecule has 0 saturated carbocycles. The van der Waals surface area contributed by atoms with Crippen molar-refractivity contribution in [3.63, 3.8) is 0 Å². The number of hydrogen-bond acceptors (Lipinski definition) is 4. The number of hydrogen-bond donors (Lipinski definition) is 2. The van der Waals surface area contributed by atoms with Gasteiger partial charge < -0.3 is 19.9 Å². The van der Waals surface area contributed by atoms with Gasteiger partial charge in [0.1, 0.15) is 0 Å². The SMILES string of the molecule is CC1(C)OB(c2ccc3c(c2)NC(=O)CNC3=O)OC1(C)C. The molecule has 0 bridgehead atoms. The first-order valence-electron chi connectivity index (χ1n) is 7.27. The van der Waals surface area contributed by atoms with E-state index in [0.717, 1.165) is 5.46 Å². The Kier molecular flexibility index (Phi) is 3.30. The second-order valence-electron chi connectivity index (χ2n) is 6.62. The first-order valence-corrected chi connectivity index (χ1v) is 7.27. The molecule has 116 valence electrons. The number of benzene rings is 1. The maximum atomic E-state index is 11.9. The van der Waals surface area contributed by atoms with Crippen LogP contribution in [0.25, 0.3) is 0 Å². The molecule has 0 atom stereocenters. The van der Waals surface area contributed by atoms with Crippen LogP contribution in [0.4, 0.5) is 5.69 Å². The van der Waals surface area contributed by atoms with Gasteiger partial charge in [0.25, 0.3) is 5.91 Å². The van der Waals surface area contributed by atoms with E-state index >= 15 is 0 Å². The quantitative estimate of drug-likeness (QED) is 0.748. The van der Waals surface area contributed by atoms with Crippen molar-refractivity contribution in [2.45, 2.75) is 38.9 Å². The summed E-state index contributed by atoms with van der Waals surface area (Å²) in [6, 6.07) is 5.20. The van der Waals surface area contributed by atoms with Crippen molar-refractivity contribution < 1.29 is 18.9 Å². The van der Waals surface area contributed by atoms with Gasteiger partial charge in [0.05, 0.1) is 29.0 Å². The maximum Gasteiger partial charge on any atom is 0.494 e. The van der Waals surface area contributed by atoms with E-state index in [9.17, 15) is 9.59 Å². The summed E-state index contributed by atoms with van der Waals surface area (Å²) in [5.41, 5.74) is 0.807. The van der Waals surface area contributed by atoms with E-state index in [-0.39, 0.29) is 18.4 Å². The van der Waals surface area contributed by atoms with Crippen LogP contribution in [-0.4, -0.2) is 36.7 Å². The number of fused-ring (bicyclic) bond motifs is 1. The summed E-state index contributed by atoms with van der Waals surface area (Å²) < 4.78 is 12.0. The molecule has 1 aromatic rings. The Morgan fingerprint density at radius 2 is 1.73 bits per heavy atom. The van der Waals surface area contributed by atoms with Crippen molar-refractivity contribution in [3.8, 4) is 0 Å². The van der Waals surface area contributed by atoms with Gasteiger partial charge >= 0.3 is 7.12 Å². The topological polar surface area (TPSA) is 76.7 Å². The zero-order valence-electron chi connectivity index (χ0n) is 13.1. The van der Waals surface area contributed by atoms with E-state index in [0.29, 0.717) is 11.3 Å². The van der Waals surface area contributed by atoms with Crippen LogP contribution in [0.5, 0.6) is 0 Å². The largest absolute Gasteiger partial charge is 0.494 e. The lowest BCUT2D eigenvalue weighted by Gasteiger charge is -2.32. The Hall–Kier alpha value is -1.86. The van der Waals surface area contributed by atoms with Crippen LogP contribution >= 0.6 is 0 Å². The molecule has 2 heterocycles. The fraction of sp³-hybridized carbons (Fsp3) is 0.467. The van der Waals surface area contributed by atoms with Gasteiger partial charge in [-0.25, -0.2) is 0 Å². The summed E-state index contributed by atoms with van der Waals surface area (Å²) >= 11 is 0. The Labute approximate surface area is 129 Å². The summed E-state index contributed by atoms with van der Waals surface area (Å²) in [5.74, 6) is -0.521. The van der Waals surface area contributed by atoms with Crippen LogP contribution in [-0.2, 0) is 14.1 Å². The Balaban J connectivity index is 1.95. The molecule has 1 fully saturated rings. The second kappa shape index (κ2) is 4.82. The van der Waals surface area contributed by atoms with Gasteiger partial charge in [-0.1, -0.05) is 6.07 Å². The molecular formula is C15H19BN2O4. The number of amides is 2. The van der Waals surface area contributed by atoms with E-state index in [1.165, 1.54) is 0 Å². The Bertz CT molecular complexity index is 641. The third kappa shape index (κ3) is 2.40. The van der Waals surface area contributed by atoms with Gasteiger partial charge in [0.15, 0.2) is 0 Å². The molecule has 0 unspecified atom stereocenters. The minimum Gasteiger partial charge on any atom is -0.399 e. The molecule has 2 aliphatic rings. The van der Waals surface area contributed by atoms with Gasteiger partial charge in [-0.2, -0.15) is 0 Å². The Morgan fingerprint density at radius 3 is 2.36 bits per heavy atom. The number of carbonyl (C=O) groups is 2.